The average molecular weight is 249 g/mol. The minimum Gasteiger partial charge on any atom is -0.305 e. The summed E-state index contributed by atoms with van der Waals surface area (Å²) in [5.41, 5.74) is 0.854. The molecule has 0 bridgehead atoms. The van der Waals surface area contributed by atoms with Gasteiger partial charge < -0.3 is 4.57 Å². The van der Waals surface area contributed by atoms with Crippen LogP contribution in [0.1, 0.15) is 0 Å². The number of hydrogen-bond donors (Lipinski definition) is 0. The Morgan fingerprint density at radius 1 is 1.35 bits per heavy atom. The van der Waals surface area contributed by atoms with E-state index in [9.17, 15) is 4.39 Å². The van der Waals surface area contributed by atoms with Crippen molar-refractivity contribution in [3.63, 3.8) is 0 Å². The lowest BCUT2D eigenvalue weighted by molar-refractivity contribution is 0.628. The maximum atomic E-state index is 12.8. The van der Waals surface area contributed by atoms with Gasteiger partial charge in [0, 0.05) is 18.4 Å². The van der Waals surface area contributed by atoms with Crippen LogP contribution in [0.5, 0.6) is 0 Å². The van der Waals surface area contributed by atoms with Gasteiger partial charge in [-0.2, -0.15) is 0 Å². The van der Waals surface area contributed by atoms with E-state index in [0.717, 1.165) is 22.3 Å². The molecule has 0 radical (unpaired) electrons. The predicted molar refractivity (Wildman–Crippen MR) is 67.3 cm³/mol. The van der Waals surface area contributed by atoms with E-state index in [1.54, 1.807) is 23.9 Å². The van der Waals surface area contributed by atoms with E-state index in [4.69, 9.17) is 0 Å². The second-order valence-corrected chi connectivity index (χ2v) is 4.46. The van der Waals surface area contributed by atoms with Gasteiger partial charge in [-0.05, 0) is 24.3 Å². The summed E-state index contributed by atoms with van der Waals surface area (Å²) in [6, 6.07) is 6.23. The highest BCUT2D eigenvalue weighted by molar-refractivity contribution is 7.99. The summed E-state index contributed by atoms with van der Waals surface area (Å²) in [6.07, 6.45) is 1.82. The molecule has 0 atom stereocenters. The van der Waals surface area contributed by atoms with E-state index in [-0.39, 0.29) is 5.82 Å². The molecule has 0 saturated heterocycles. The molecule has 3 nitrogen and oxygen atoms in total. The summed E-state index contributed by atoms with van der Waals surface area (Å²) in [5.74, 6) is 1.27. The first-order chi connectivity index (χ1) is 8.22. The molecule has 17 heavy (non-hydrogen) atoms. The number of halogens is 1. The highest BCUT2D eigenvalue weighted by Crippen LogP contribution is 2.22. The van der Waals surface area contributed by atoms with E-state index in [1.165, 1.54) is 12.1 Å². The number of rotatable bonds is 4. The molecular weight excluding hydrogens is 237 g/mol. The lowest BCUT2D eigenvalue weighted by Gasteiger charge is -2.02. The lowest BCUT2D eigenvalue weighted by Crippen LogP contribution is -1.94. The molecule has 2 rings (SSSR count). The number of nitrogens with zero attached hydrogens (tertiary/aromatic N) is 3. The highest BCUT2D eigenvalue weighted by Gasteiger charge is 2.10. The van der Waals surface area contributed by atoms with Crippen LogP contribution in [0.3, 0.4) is 0 Å². The largest absolute Gasteiger partial charge is 0.305 e. The third kappa shape index (κ3) is 2.55. The summed E-state index contributed by atoms with van der Waals surface area (Å²) in [7, 11) is 1.89. The Bertz CT molecular complexity index is 519. The van der Waals surface area contributed by atoms with Crippen molar-refractivity contribution in [1.82, 2.24) is 14.8 Å². The fourth-order valence-electron chi connectivity index (χ4n) is 1.42. The van der Waals surface area contributed by atoms with Crippen molar-refractivity contribution < 1.29 is 4.39 Å². The van der Waals surface area contributed by atoms with Crippen molar-refractivity contribution in [1.29, 1.82) is 0 Å². The molecule has 88 valence electrons. The molecule has 0 aliphatic carbocycles. The number of aromatic nitrogens is 3. The second-order valence-electron chi connectivity index (χ2n) is 3.47. The van der Waals surface area contributed by atoms with E-state index in [1.807, 2.05) is 17.7 Å². The van der Waals surface area contributed by atoms with Crippen LogP contribution in [0.15, 0.2) is 42.1 Å². The Balaban J connectivity index is 2.30. The quantitative estimate of drug-likeness (QED) is 0.616. The smallest absolute Gasteiger partial charge is 0.191 e. The summed E-state index contributed by atoms with van der Waals surface area (Å²) in [5, 5.41) is 9.01. The third-order valence-electron chi connectivity index (χ3n) is 2.27. The molecule has 0 spiro atoms. The summed E-state index contributed by atoms with van der Waals surface area (Å²) in [6.45, 7) is 3.66. The summed E-state index contributed by atoms with van der Waals surface area (Å²) in [4.78, 5) is 0. The fraction of sp³-hybridized carbons (Fsp3) is 0.167. The van der Waals surface area contributed by atoms with Gasteiger partial charge in [-0.3, -0.25) is 0 Å². The zero-order valence-corrected chi connectivity index (χ0v) is 10.2. The predicted octanol–water partition coefficient (Wildman–Crippen LogP) is 2.90. The molecule has 0 amide bonds. The van der Waals surface area contributed by atoms with Gasteiger partial charge in [-0.25, -0.2) is 4.39 Å². The molecule has 1 aromatic heterocycles. The first-order valence-corrected chi connectivity index (χ1v) is 6.10. The third-order valence-corrected chi connectivity index (χ3v) is 3.28. The zero-order chi connectivity index (χ0) is 12.3. The van der Waals surface area contributed by atoms with Gasteiger partial charge in [0.1, 0.15) is 5.82 Å². The van der Waals surface area contributed by atoms with E-state index < -0.39 is 0 Å². The van der Waals surface area contributed by atoms with Crippen LogP contribution < -0.4 is 0 Å². The molecule has 0 unspecified atom stereocenters. The molecule has 5 heteroatoms. The van der Waals surface area contributed by atoms with Crippen LogP contribution in [0.2, 0.25) is 0 Å². The first-order valence-electron chi connectivity index (χ1n) is 5.11. The lowest BCUT2D eigenvalue weighted by atomic mass is 10.2. The van der Waals surface area contributed by atoms with Crippen molar-refractivity contribution in [2.24, 2.45) is 7.05 Å². The van der Waals surface area contributed by atoms with Gasteiger partial charge in [-0.1, -0.05) is 17.8 Å². The minimum atomic E-state index is -0.253. The molecule has 1 heterocycles. The SMILES string of the molecule is C=CCSc1nnc(-c2ccc(F)cc2)n1C. The van der Waals surface area contributed by atoms with Crippen LogP contribution in [-0.2, 0) is 7.05 Å². The molecule has 0 aliphatic rings. The summed E-state index contributed by atoms with van der Waals surface area (Å²) < 4.78 is 14.7. The molecule has 0 saturated carbocycles. The van der Waals surface area contributed by atoms with Gasteiger partial charge in [0.25, 0.3) is 0 Å². The van der Waals surface area contributed by atoms with Crippen LogP contribution in [0.4, 0.5) is 4.39 Å². The van der Waals surface area contributed by atoms with Crippen molar-refractivity contribution in [3.8, 4) is 11.4 Å². The maximum Gasteiger partial charge on any atom is 0.191 e. The van der Waals surface area contributed by atoms with Gasteiger partial charge in [0.15, 0.2) is 11.0 Å². The van der Waals surface area contributed by atoms with Crippen LogP contribution in [-0.4, -0.2) is 20.5 Å². The normalized spacial score (nSPS) is 10.5. The fourth-order valence-corrected chi connectivity index (χ4v) is 2.07. The van der Waals surface area contributed by atoms with Gasteiger partial charge in [0.05, 0.1) is 0 Å². The average Bonchev–Trinajstić information content (AvgIpc) is 2.69. The number of hydrogen-bond acceptors (Lipinski definition) is 3. The summed E-state index contributed by atoms with van der Waals surface area (Å²) >= 11 is 1.56. The number of benzene rings is 1. The van der Waals surface area contributed by atoms with Crippen LogP contribution >= 0.6 is 11.8 Å². The monoisotopic (exact) mass is 249 g/mol. The molecular formula is C12H12FN3S. The van der Waals surface area contributed by atoms with Crippen molar-refractivity contribution in [2.45, 2.75) is 5.16 Å². The standard InChI is InChI=1S/C12H12FN3S/c1-3-8-17-12-15-14-11(16(12)2)9-4-6-10(13)7-5-9/h3-7H,1,8H2,2H3. The molecule has 0 aliphatic heterocycles. The minimum absolute atomic E-state index is 0.253. The topological polar surface area (TPSA) is 30.7 Å². The Morgan fingerprint density at radius 3 is 2.71 bits per heavy atom. The number of thioether (sulfide) groups is 1. The van der Waals surface area contributed by atoms with Crippen LogP contribution in [0.25, 0.3) is 11.4 Å². The Kier molecular flexibility index (Phi) is 3.58. The van der Waals surface area contributed by atoms with Gasteiger partial charge >= 0.3 is 0 Å². The van der Waals surface area contributed by atoms with Crippen molar-refractivity contribution >= 4 is 11.8 Å². The van der Waals surface area contributed by atoms with Crippen molar-refractivity contribution in [2.75, 3.05) is 5.75 Å². The Morgan fingerprint density at radius 2 is 2.06 bits per heavy atom. The molecule has 0 N–H and O–H groups in total. The van der Waals surface area contributed by atoms with Crippen LogP contribution in [0, 0.1) is 5.82 Å². The molecule has 2 aromatic rings. The Labute approximate surface area is 103 Å². The van der Waals surface area contributed by atoms with E-state index >= 15 is 0 Å². The zero-order valence-electron chi connectivity index (χ0n) is 9.43. The van der Waals surface area contributed by atoms with E-state index in [2.05, 4.69) is 16.8 Å². The highest BCUT2D eigenvalue weighted by atomic mass is 32.2. The van der Waals surface area contributed by atoms with Crippen molar-refractivity contribution in [3.05, 3.63) is 42.7 Å². The molecule has 1 aromatic carbocycles. The van der Waals surface area contributed by atoms with E-state index in [0.29, 0.717) is 0 Å². The second kappa shape index (κ2) is 5.14. The van der Waals surface area contributed by atoms with Gasteiger partial charge in [0.2, 0.25) is 0 Å². The maximum absolute atomic E-state index is 12.8. The van der Waals surface area contributed by atoms with Gasteiger partial charge in [-0.15, -0.1) is 16.8 Å². The molecule has 0 fully saturated rings. The first kappa shape index (κ1) is 11.9. The Hall–Kier alpha value is -1.62.